The van der Waals surface area contributed by atoms with Gasteiger partial charge in [-0.3, -0.25) is 4.99 Å². The van der Waals surface area contributed by atoms with Gasteiger partial charge in [0, 0.05) is 27.7 Å². The van der Waals surface area contributed by atoms with Crippen molar-refractivity contribution in [3.8, 4) is 0 Å². The summed E-state index contributed by atoms with van der Waals surface area (Å²) >= 11 is 9.38. The Morgan fingerprint density at radius 3 is 2.97 bits per heavy atom. The number of halogens is 4. The van der Waals surface area contributed by atoms with Crippen LogP contribution in [0.1, 0.15) is 11.1 Å². The topological polar surface area (TPSA) is 40.0 Å². The van der Waals surface area contributed by atoms with Crippen LogP contribution in [-0.2, 0) is 13.1 Å². The lowest BCUT2D eigenvalue weighted by atomic mass is 10.1. The Balaban J connectivity index is 0.00000120. The molecule has 0 saturated carbocycles. The summed E-state index contributed by atoms with van der Waals surface area (Å²) in [6.07, 6.45) is 0. The molecule has 0 unspecified atom stereocenters. The van der Waals surface area contributed by atoms with Crippen LogP contribution in [0.2, 0.25) is 5.02 Å². The quantitative estimate of drug-likeness (QED) is 0.528. The van der Waals surface area contributed by atoms with E-state index in [2.05, 4.69) is 20.6 Å². The van der Waals surface area contributed by atoms with Gasteiger partial charge >= 0.3 is 0 Å². The van der Waals surface area contributed by atoms with E-state index in [1.54, 1.807) is 29.6 Å². The zero-order valence-corrected chi connectivity index (χ0v) is 18.9. The largest absolute Gasteiger partial charge is 0.335 e. The Kier molecular flexibility index (Phi) is 7.06. The molecular weight excluding hydrogens is 474 g/mol. The van der Waals surface area contributed by atoms with Gasteiger partial charge in [0.15, 0.2) is 10.3 Å². The Morgan fingerprint density at radius 1 is 1.24 bits per heavy atom. The second-order valence-electron chi connectivity index (χ2n) is 6.28. The van der Waals surface area contributed by atoms with E-state index in [0.717, 1.165) is 44.6 Å². The number of hydrogen-bond donors (Lipinski definition) is 1. The molecule has 3 heterocycles. The van der Waals surface area contributed by atoms with E-state index < -0.39 is 0 Å². The van der Waals surface area contributed by atoms with Crippen LogP contribution >= 0.6 is 59.9 Å². The predicted molar refractivity (Wildman–Crippen MR) is 128 cm³/mol. The fourth-order valence-electron chi connectivity index (χ4n) is 3.17. The molecule has 0 fully saturated rings. The lowest BCUT2D eigenvalue weighted by Crippen LogP contribution is -2.28. The second kappa shape index (κ2) is 9.18. The van der Waals surface area contributed by atoms with Gasteiger partial charge in [-0.15, -0.1) is 24.8 Å². The summed E-state index contributed by atoms with van der Waals surface area (Å²) in [7, 11) is 0. The van der Waals surface area contributed by atoms with Crippen LogP contribution in [0.3, 0.4) is 0 Å². The molecule has 0 aromatic heterocycles. The molecule has 152 valence electrons. The van der Waals surface area contributed by atoms with Crippen molar-refractivity contribution in [3.05, 3.63) is 69.5 Å². The van der Waals surface area contributed by atoms with Crippen molar-refractivity contribution < 1.29 is 4.39 Å². The highest BCUT2D eigenvalue weighted by atomic mass is 35.5. The Labute approximate surface area is 193 Å². The fourth-order valence-corrected chi connectivity index (χ4v) is 5.24. The van der Waals surface area contributed by atoms with Crippen molar-refractivity contribution in [2.75, 3.05) is 11.1 Å². The average molecular weight is 490 g/mol. The summed E-state index contributed by atoms with van der Waals surface area (Å²) in [5.41, 5.74) is 4.71. The van der Waals surface area contributed by atoms with Crippen molar-refractivity contribution in [3.63, 3.8) is 0 Å². The Hall–Kier alpha value is -1.38. The summed E-state index contributed by atoms with van der Waals surface area (Å²) in [5, 5.41) is 7.89. The van der Waals surface area contributed by atoms with Crippen LogP contribution in [-0.4, -0.2) is 21.0 Å². The predicted octanol–water partition coefficient (Wildman–Crippen LogP) is 6.43. The fraction of sp³-hybridized carbons (Fsp3) is 0.158. The monoisotopic (exact) mass is 488 g/mol. The van der Waals surface area contributed by atoms with Gasteiger partial charge in [-0.05, 0) is 41.3 Å². The smallest absolute Gasteiger partial charge is 0.173 e. The van der Waals surface area contributed by atoms with Gasteiger partial charge < -0.3 is 10.2 Å². The van der Waals surface area contributed by atoms with Crippen molar-refractivity contribution in [1.82, 2.24) is 4.90 Å². The lowest BCUT2D eigenvalue weighted by Gasteiger charge is -2.27. The molecule has 3 aliphatic rings. The van der Waals surface area contributed by atoms with Gasteiger partial charge in [-0.25, -0.2) is 9.38 Å². The molecule has 29 heavy (non-hydrogen) atoms. The van der Waals surface area contributed by atoms with E-state index in [1.807, 2.05) is 24.3 Å². The van der Waals surface area contributed by atoms with Crippen LogP contribution in [0.15, 0.2) is 57.5 Å². The zero-order chi connectivity index (χ0) is 18.4. The third-order valence-electron chi connectivity index (χ3n) is 4.56. The second-order valence-corrected chi connectivity index (χ2v) is 8.52. The van der Waals surface area contributed by atoms with Gasteiger partial charge in [-0.1, -0.05) is 41.2 Å². The van der Waals surface area contributed by atoms with Gasteiger partial charge in [-0.2, -0.15) is 0 Å². The maximum absolute atomic E-state index is 13.8. The molecule has 0 saturated heterocycles. The van der Waals surface area contributed by atoms with Gasteiger partial charge in [0.1, 0.15) is 5.82 Å². The van der Waals surface area contributed by atoms with E-state index in [1.165, 1.54) is 11.8 Å². The van der Waals surface area contributed by atoms with Crippen molar-refractivity contribution in [1.29, 1.82) is 0 Å². The van der Waals surface area contributed by atoms with Crippen LogP contribution in [0.25, 0.3) is 0 Å². The summed E-state index contributed by atoms with van der Waals surface area (Å²) < 4.78 is 13.8. The van der Waals surface area contributed by atoms with Crippen molar-refractivity contribution in [2.45, 2.75) is 13.1 Å². The first-order valence-corrected chi connectivity index (χ1v) is 10.6. The number of nitrogens with one attached hydrogen (secondary N) is 1. The zero-order valence-electron chi connectivity index (χ0n) is 14.9. The maximum Gasteiger partial charge on any atom is 0.173 e. The minimum Gasteiger partial charge on any atom is -0.335 e. The summed E-state index contributed by atoms with van der Waals surface area (Å²) in [4.78, 5) is 11.4. The average Bonchev–Trinajstić information content (AvgIpc) is 3.06. The Morgan fingerprint density at radius 2 is 2.10 bits per heavy atom. The standard InChI is InChI=1S/C19H14ClFN4S2.2ClH/c20-12-4-5-16-11(6-12)8-25-13(10-27-19(25)24-16)9-26-18-22-7-14-15(21)2-1-3-17(14)23-18;;/h1-6,10H,7-9H2,(H,22,23);2*1H. The number of benzene rings is 2. The highest BCUT2D eigenvalue weighted by Gasteiger charge is 2.28. The molecule has 5 rings (SSSR count). The van der Waals surface area contributed by atoms with E-state index >= 15 is 0 Å². The first-order valence-electron chi connectivity index (χ1n) is 8.39. The first kappa shape index (κ1) is 22.3. The molecule has 0 radical (unpaired) electrons. The number of amidine groups is 2. The number of fused-ring (bicyclic) bond motifs is 3. The molecule has 0 aliphatic carbocycles. The number of anilines is 1. The van der Waals surface area contributed by atoms with Crippen LogP contribution in [0.5, 0.6) is 0 Å². The molecule has 3 aliphatic heterocycles. The highest BCUT2D eigenvalue weighted by molar-refractivity contribution is 8.17. The molecule has 10 heteroatoms. The molecule has 0 spiro atoms. The summed E-state index contributed by atoms with van der Waals surface area (Å²) in [6, 6.07) is 10.9. The summed E-state index contributed by atoms with van der Waals surface area (Å²) in [6.45, 7) is 1.13. The van der Waals surface area contributed by atoms with E-state index in [9.17, 15) is 4.39 Å². The number of hydrogen-bond acceptors (Lipinski definition) is 6. The van der Waals surface area contributed by atoms with Gasteiger partial charge in [0.2, 0.25) is 0 Å². The third-order valence-corrected chi connectivity index (χ3v) is 6.65. The minimum absolute atomic E-state index is 0. The van der Waals surface area contributed by atoms with E-state index in [4.69, 9.17) is 16.6 Å². The van der Waals surface area contributed by atoms with E-state index in [0.29, 0.717) is 12.1 Å². The Bertz CT molecular complexity index is 1040. The van der Waals surface area contributed by atoms with Crippen LogP contribution in [0, 0.1) is 5.82 Å². The number of rotatable bonds is 2. The highest BCUT2D eigenvalue weighted by Crippen LogP contribution is 2.38. The van der Waals surface area contributed by atoms with Crippen LogP contribution < -0.4 is 5.32 Å². The molecular formula is C19H16Cl3FN4S2. The molecule has 4 nitrogen and oxygen atoms in total. The molecule has 0 amide bonds. The van der Waals surface area contributed by atoms with E-state index in [-0.39, 0.29) is 30.6 Å². The molecule has 2 aromatic carbocycles. The number of aliphatic imine (C=N–C) groups is 2. The maximum atomic E-state index is 13.8. The minimum atomic E-state index is -0.214. The summed E-state index contributed by atoms with van der Waals surface area (Å²) in [5.74, 6) is 0.549. The number of thioether (sulfide) groups is 2. The normalized spacial score (nSPS) is 16.1. The van der Waals surface area contributed by atoms with Crippen LogP contribution in [0.4, 0.5) is 15.8 Å². The molecule has 0 atom stereocenters. The number of nitrogens with zero attached hydrogens (tertiary/aromatic N) is 3. The van der Waals surface area contributed by atoms with Crippen molar-refractivity contribution in [2.24, 2.45) is 9.98 Å². The van der Waals surface area contributed by atoms with Crippen molar-refractivity contribution >= 4 is 81.6 Å². The van der Waals surface area contributed by atoms with Gasteiger partial charge in [0.25, 0.3) is 0 Å². The van der Waals surface area contributed by atoms with Gasteiger partial charge in [0.05, 0.1) is 18.8 Å². The SMILES string of the molecule is Cl.Cl.Fc1cccc2c1CN=C(SCC1=CSC3=Nc4ccc(Cl)cc4CN13)N2. The lowest BCUT2D eigenvalue weighted by molar-refractivity contribution is 0.519. The third kappa shape index (κ3) is 4.39. The molecule has 2 aromatic rings. The molecule has 1 N–H and O–H groups in total. The molecule has 0 bridgehead atoms. The first-order chi connectivity index (χ1) is 13.2.